The third kappa shape index (κ3) is 4.66. The van der Waals surface area contributed by atoms with Crippen LogP contribution >= 0.6 is 0 Å². The highest BCUT2D eigenvalue weighted by molar-refractivity contribution is 5.87. The average Bonchev–Trinajstić information content (AvgIpc) is 3.41. The van der Waals surface area contributed by atoms with Crippen molar-refractivity contribution >= 4 is 16.9 Å². The summed E-state index contributed by atoms with van der Waals surface area (Å²) in [5.41, 5.74) is 3.42. The number of esters is 1. The first-order valence-electron chi connectivity index (χ1n) is 11.9. The van der Waals surface area contributed by atoms with Crippen LogP contribution in [0, 0.1) is 0 Å². The van der Waals surface area contributed by atoms with Gasteiger partial charge < -0.3 is 14.2 Å². The fraction of sp³-hybridized carbons (Fsp3) is 0.370. The van der Waals surface area contributed by atoms with Gasteiger partial charge in [-0.15, -0.1) is 0 Å². The Hall–Kier alpha value is -3.65. The van der Waals surface area contributed by atoms with E-state index in [0.29, 0.717) is 11.8 Å². The van der Waals surface area contributed by atoms with Gasteiger partial charge in [0.05, 0.1) is 48.6 Å². The fourth-order valence-electron chi connectivity index (χ4n) is 4.09. The molecule has 1 aliphatic carbocycles. The summed E-state index contributed by atoms with van der Waals surface area (Å²) in [5, 5.41) is 10.5. The minimum atomic E-state index is -1.09. The van der Waals surface area contributed by atoms with E-state index in [0.717, 1.165) is 53.0 Å². The largest absolute Gasteiger partial charge is 0.490 e. The molecule has 0 spiro atoms. The maximum Gasteiger partial charge on any atom is 0.337 e. The molecule has 0 atom stereocenters. The van der Waals surface area contributed by atoms with Gasteiger partial charge in [0, 0.05) is 17.5 Å². The molecule has 4 aromatic rings. The van der Waals surface area contributed by atoms with E-state index >= 15 is 0 Å². The Balaban J connectivity index is 1.59. The first-order valence-corrected chi connectivity index (χ1v) is 11.9. The van der Waals surface area contributed by atoms with Gasteiger partial charge in [-0.1, -0.05) is 24.3 Å². The van der Waals surface area contributed by atoms with Gasteiger partial charge in [-0.25, -0.2) is 9.48 Å². The maximum absolute atomic E-state index is 12.1. The predicted molar refractivity (Wildman–Crippen MR) is 132 cm³/mol. The van der Waals surface area contributed by atoms with E-state index in [1.54, 1.807) is 13.8 Å². The van der Waals surface area contributed by atoms with E-state index in [2.05, 4.69) is 12.0 Å². The van der Waals surface area contributed by atoms with Gasteiger partial charge >= 0.3 is 5.97 Å². The van der Waals surface area contributed by atoms with Crippen molar-refractivity contribution in [2.45, 2.75) is 58.5 Å². The highest BCUT2D eigenvalue weighted by Gasteiger charge is 2.30. The van der Waals surface area contributed by atoms with Crippen LogP contribution < -0.4 is 4.74 Å². The number of hydrogen-bond acceptors (Lipinski definition) is 6. The van der Waals surface area contributed by atoms with Gasteiger partial charge in [0.2, 0.25) is 0 Å². The monoisotopic (exact) mass is 474 g/mol. The molecule has 182 valence electrons. The van der Waals surface area contributed by atoms with Gasteiger partial charge in [-0.3, -0.25) is 4.68 Å². The molecule has 2 aromatic heterocycles. The number of nitrogens with zero attached hydrogens (tertiary/aromatic N) is 4. The summed E-state index contributed by atoms with van der Waals surface area (Å²) >= 11 is 0. The lowest BCUT2D eigenvalue weighted by atomic mass is 10.1. The lowest BCUT2D eigenvalue weighted by molar-refractivity contribution is -0.166. The number of methoxy groups -OCH3 is 1. The van der Waals surface area contributed by atoms with E-state index in [9.17, 15) is 4.79 Å². The highest BCUT2D eigenvalue weighted by atomic mass is 16.6. The van der Waals surface area contributed by atoms with Crippen LogP contribution in [0.1, 0.15) is 39.3 Å². The van der Waals surface area contributed by atoms with Gasteiger partial charge in [0.1, 0.15) is 5.75 Å². The van der Waals surface area contributed by atoms with Gasteiger partial charge in [0.25, 0.3) is 0 Å². The van der Waals surface area contributed by atoms with E-state index in [1.165, 1.54) is 7.11 Å². The molecule has 0 radical (unpaired) electrons. The number of hydrogen-bond donors (Lipinski definition) is 0. The lowest BCUT2D eigenvalue weighted by Gasteiger charge is -2.21. The van der Waals surface area contributed by atoms with Crippen LogP contribution in [0.15, 0.2) is 54.7 Å². The van der Waals surface area contributed by atoms with Crippen LogP contribution in [0.2, 0.25) is 0 Å². The standard InChI is InChI=1S/C27H30N4O4/c1-5-30-25-19(16-28-30)9-7-11-23(25)31-24(18-8-6-10-22(14-18)35-21-12-13-21)15-20(29-31)17-34-27(2,3)26(32)33-4/h6-11,14-16,21H,5,12-13,17H2,1-4H3. The SMILES string of the molecule is CCn1ncc2cccc(-n3nc(COC(C)(C)C(=O)OC)cc3-c3cccc(OC4CC4)c3)c21. The van der Waals surface area contributed by atoms with Gasteiger partial charge in [-0.2, -0.15) is 10.2 Å². The number of fused-ring (bicyclic) bond motifs is 1. The smallest absolute Gasteiger partial charge is 0.337 e. The minimum Gasteiger partial charge on any atom is -0.490 e. The molecule has 8 nitrogen and oxygen atoms in total. The number of carbonyl (C=O) groups is 1. The van der Waals surface area contributed by atoms with Crippen molar-refractivity contribution in [2.24, 2.45) is 0 Å². The van der Waals surface area contributed by atoms with E-state index in [-0.39, 0.29) is 6.61 Å². The number of benzene rings is 2. The number of aryl methyl sites for hydroxylation is 1. The van der Waals surface area contributed by atoms with Crippen molar-refractivity contribution in [1.82, 2.24) is 19.6 Å². The van der Waals surface area contributed by atoms with Crippen molar-refractivity contribution < 1.29 is 19.0 Å². The summed E-state index contributed by atoms with van der Waals surface area (Å²) in [6, 6.07) is 16.2. The van der Waals surface area contributed by atoms with Crippen molar-refractivity contribution in [1.29, 1.82) is 0 Å². The fourth-order valence-corrected chi connectivity index (χ4v) is 4.09. The van der Waals surface area contributed by atoms with E-state index in [1.807, 2.05) is 64.1 Å². The number of ether oxygens (including phenoxy) is 3. The van der Waals surface area contributed by atoms with Crippen LogP contribution in [0.5, 0.6) is 5.75 Å². The third-order valence-electron chi connectivity index (χ3n) is 6.14. The van der Waals surface area contributed by atoms with Crippen molar-refractivity contribution in [2.75, 3.05) is 7.11 Å². The number of rotatable bonds is 9. The number of para-hydroxylation sites is 1. The summed E-state index contributed by atoms with van der Waals surface area (Å²) in [4.78, 5) is 12.1. The van der Waals surface area contributed by atoms with Crippen LogP contribution in [-0.2, 0) is 27.4 Å². The maximum atomic E-state index is 12.1. The molecule has 1 fully saturated rings. The van der Waals surface area contributed by atoms with Crippen molar-refractivity contribution in [3.63, 3.8) is 0 Å². The first kappa shape index (κ1) is 23.1. The average molecular weight is 475 g/mol. The first-order chi connectivity index (χ1) is 16.9. The van der Waals surface area contributed by atoms with Gasteiger partial charge in [0.15, 0.2) is 5.60 Å². The lowest BCUT2D eigenvalue weighted by Crippen LogP contribution is -2.35. The molecular weight excluding hydrogens is 444 g/mol. The molecule has 0 N–H and O–H groups in total. The second-order valence-electron chi connectivity index (χ2n) is 9.24. The Kier molecular flexibility index (Phi) is 6.06. The van der Waals surface area contributed by atoms with Crippen molar-refractivity contribution in [3.8, 4) is 22.7 Å². The molecule has 2 heterocycles. The zero-order chi connectivity index (χ0) is 24.6. The van der Waals surface area contributed by atoms with E-state index < -0.39 is 11.6 Å². The zero-order valence-electron chi connectivity index (χ0n) is 20.5. The van der Waals surface area contributed by atoms with E-state index in [4.69, 9.17) is 19.3 Å². The van der Waals surface area contributed by atoms with Crippen LogP contribution in [0.25, 0.3) is 27.8 Å². The topological polar surface area (TPSA) is 80.4 Å². The molecule has 0 aliphatic heterocycles. The molecule has 35 heavy (non-hydrogen) atoms. The second-order valence-corrected chi connectivity index (χ2v) is 9.24. The molecule has 0 unspecified atom stereocenters. The molecule has 0 saturated heterocycles. The summed E-state index contributed by atoms with van der Waals surface area (Å²) in [7, 11) is 1.36. The molecule has 0 amide bonds. The summed E-state index contributed by atoms with van der Waals surface area (Å²) in [6.45, 7) is 6.35. The normalized spacial score (nSPS) is 13.8. The molecule has 1 aliphatic rings. The Morgan fingerprint density at radius 2 is 1.94 bits per heavy atom. The molecular formula is C27H30N4O4. The Morgan fingerprint density at radius 1 is 1.14 bits per heavy atom. The summed E-state index contributed by atoms with van der Waals surface area (Å²) in [5.74, 6) is 0.415. The van der Waals surface area contributed by atoms with Crippen LogP contribution in [0.3, 0.4) is 0 Å². The third-order valence-corrected chi connectivity index (χ3v) is 6.14. The zero-order valence-corrected chi connectivity index (χ0v) is 20.5. The highest BCUT2D eigenvalue weighted by Crippen LogP contribution is 2.33. The quantitative estimate of drug-likeness (QED) is 0.321. The minimum absolute atomic E-state index is 0.156. The Labute approximate surface area is 204 Å². The molecule has 0 bridgehead atoms. The van der Waals surface area contributed by atoms with Crippen molar-refractivity contribution in [3.05, 3.63) is 60.4 Å². The number of carbonyl (C=O) groups excluding carboxylic acids is 1. The summed E-state index contributed by atoms with van der Waals surface area (Å²) in [6.07, 6.45) is 4.39. The molecule has 2 aromatic carbocycles. The Bertz CT molecular complexity index is 1370. The van der Waals surface area contributed by atoms with Gasteiger partial charge in [-0.05, 0) is 57.9 Å². The summed E-state index contributed by atoms with van der Waals surface area (Å²) < 4.78 is 20.7. The van der Waals surface area contributed by atoms with Crippen LogP contribution in [0.4, 0.5) is 0 Å². The van der Waals surface area contributed by atoms with Crippen LogP contribution in [-0.4, -0.2) is 44.3 Å². The Morgan fingerprint density at radius 3 is 2.69 bits per heavy atom. The molecule has 1 saturated carbocycles. The molecule has 8 heteroatoms. The predicted octanol–water partition coefficient (Wildman–Crippen LogP) is 4.92. The number of aromatic nitrogens is 4. The molecule has 5 rings (SSSR count). The second kappa shape index (κ2) is 9.19.